The predicted octanol–water partition coefficient (Wildman–Crippen LogP) is 1.19. The van der Waals surface area contributed by atoms with Crippen molar-refractivity contribution < 1.29 is 23.9 Å². The zero-order valence-corrected chi connectivity index (χ0v) is 17.5. The van der Waals surface area contributed by atoms with Crippen LogP contribution in [-0.2, 0) is 23.9 Å². The first kappa shape index (κ1) is 23.7. The molecule has 0 bridgehead atoms. The van der Waals surface area contributed by atoms with Gasteiger partial charge in [-0.1, -0.05) is 40.0 Å². The summed E-state index contributed by atoms with van der Waals surface area (Å²) in [5, 5.41) is 5.39. The van der Waals surface area contributed by atoms with Gasteiger partial charge in [0.2, 0.25) is 5.91 Å². The zero-order chi connectivity index (χ0) is 21.5. The van der Waals surface area contributed by atoms with E-state index in [0.29, 0.717) is 0 Å². The molecule has 0 aromatic heterocycles. The molecule has 1 rings (SSSR count). The molecule has 0 saturated heterocycles. The van der Waals surface area contributed by atoms with E-state index in [1.54, 1.807) is 0 Å². The average molecular weight is 396 g/mol. The molecule has 8 heteroatoms. The molecule has 0 heterocycles. The number of ether oxygens (including phenoxy) is 1. The minimum atomic E-state index is -0.863. The van der Waals surface area contributed by atoms with Crippen molar-refractivity contribution in [3.63, 3.8) is 0 Å². The van der Waals surface area contributed by atoms with Crippen molar-refractivity contribution in [1.82, 2.24) is 10.6 Å². The number of hydrogen-bond donors (Lipinski definition) is 3. The lowest BCUT2D eigenvalue weighted by Crippen LogP contribution is -2.58. The fourth-order valence-corrected chi connectivity index (χ4v) is 3.35. The van der Waals surface area contributed by atoms with E-state index in [-0.39, 0.29) is 17.4 Å². The average Bonchev–Trinajstić information content (AvgIpc) is 2.62. The minimum Gasteiger partial charge on any atom is -0.467 e. The van der Waals surface area contributed by atoms with Gasteiger partial charge in [-0.05, 0) is 31.1 Å². The summed E-state index contributed by atoms with van der Waals surface area (Å²) < 4.78 is 4.82. The molecule has 158 valence electrons. The van der Waals surface area contributed by atoms with E-state index in [1.165, 1.54) is 14.0 Å². The van der Waals surface area contributed by atoms with E-state index < -0.39 is 35.3 Å². The number of hydrogen-bond acceptors (Lipinski definition) is 6. The Morgan fingerprint density at radius 1 is 1.07 bits per heavy atom. The normalized spacial score (nSPS) is 18.0. The summed E-state index contributed by atoms with van der Waals surface area (Å²) >= 11 is 0. The molecule has 8 nitrogen and oxygen atoms in total. The van der Waals surface area contributed by atoms with Gasteiger partial charge in [-0.15, -0.1) is 0 Å². The van der Waals surface area contributed by atoms with Crippen LogP contribution in [0.25, 0.3) is 0 Å². The van der Waals surface area contributed by atoms with Gasteiger partial charge < -0.3 is 21.1 Å². The molecule has 2 amide bonds. The summed E-state index contributed by atoms with van der Waals surface area (Å²) in [6, 6.07) is -1.71. The second-order valence-electron chi connectivity index (χ2n) is 8.39. The summed E-state index contributed by atoms with van der Waals surface area (Å²) in [5.41, 5.74) is 4.84. The van der Waals surface area contributed by atoms with Crippen molar-refractivity contribution in [1.29, 1.82) is 0 Å². The van der Waals surface area contributed by atoms with Crippen molar-refractivity contribution in [2.24, 2.45) is 17.1 Å². The van der Waals surface area contributed by atoms with Gasteiger partial charge in [-0.25, -0.2) is 4.79 Å². The van der Waals surface area contributed by atoms with Gasteiger partial charge in [0.25, 0.3) is 5.91 Å². The van der Waals surface area contributed by atoms with Crippen LogP contribution in [0.5, 0.6) is 0 Å². The van der Waals surface area contributed by atoms with E-state index >= 15 is 0 Å². The Morgan fingerprint density at radius 3 is 2.11 bits per heavy atom. The lowest BCUT2D eigenvalue weighted by Gasteiger charge is -2.34. The van der Waals surface area contributed by atoms with Crippen LogP contribution in [0.1, 0.15) is 59.8 Å². The quantitative estimate of drug-likeness (QED) is 0.439. The Morgan fingerprint density at radius 2 is 1.64 bits per heavy atom. The maximum absolute atomic E-state index is 13.0. The Bertz CT molecular complexity index is 630. The topological polar surface area (TPSA) is 128 Å². The van der Waals surface area contributed by atoms with Gasteiger partial charge in [0.15, 0.2) is 5.78 Å². The molecule has 1 aliphatic carbocycles. The largest absolute Gasteiger partial charge is 0.467 e. The molecule has 1 aliphatic rings. The van der Waals surface area contributed by atoms with Crippen LogP contribution >= 0.6 is 0 Å². The molecule has 28 heavy (non-hydrogen) atoms. The van der Waals surface area contributed by atoms with Crippen molar-refractivity contribution in [3.05, 3.63) is 11.8 Å². The van der Waals surface area contributed by atoms with Gasteiger partial charge in [0, 0.05) is 6.08 Å². The second kappa shape index (κ2) is 10.2. The van der Waals surface area contributed by atoms with Gasteiger partial charge in [0.05, 0.1) is 7.11 Å². The monoisotopic (exact) mass is 395 g/mol. The number of esters is 1. The van der Waals surface area contributed by atoms with Crippen LogP contribution in [-0.4, -0.2) is 42.8 Å². The maximum Gasteiger partial charge on any atom is 0.328 e. The number of rotatable bonds is 7. The first-order chi connectivity index (χ1) is 13.0. The van der Waals surface area contributed by atoms with Crippen LogP contribution in [0.4, 0.5) is 0 Å². The third-order valence-corrected chi connectivity index (χ3v) is 4.90. The van der Waals surface area contributed by atoms with E-state index in [9.17, 15) is 19.2 Å². The molecule has 0 aromatic carbocycles. The molecule has 0 aliphatic heterocycles. The number of carbonyl (C=O) groups excluding carboxylic acids is 4. The summed E-state index contributed by atoms with van der Waals surface area (Å²) in [6.07, 6.45) is 5.60. The highest BCUT2D eigenvalue weighted by atomic mass is 16.5. The van der Waals surface area contributed by atoms with E-state index in [4.69, 9.17) is 10.5 Å². The highest BCUT2D eigenvalue weighted by molar-refractivity contribution is 6.02. The first-order valence-electron chi connectivity index (χ1n) is 9.64. The Kier molecular flexibility index (Phi) is 8.65. The highest BCUT2D eigenvalue weighted by Gasteiger charge is 2.38. The van der Waals surface area contributed by atoms with Crippen molar-refractivity contribution in [2.75, 3.05) is 7.11 Å². The summed E-state index contributed by atoms with van der Waals surface area (Å²) in [6.45, 7) is 6.74. The van der Waals surface area contributed by atoms with E-state index in [1.807, 2.05) is 20.8 Å². The van der Waals surface area contributed by atoms with E-state index in [0.717, 1.165) is 38.2 Å². The SMILES string of the molecule is COC(=O)[C@@H](NC(=O)[C@@H](NC(=O)C(N)=CC(C)=O)C1CCCCC1)C(C)(C)C. The van der Waals surface area contributed by atoms with Gasteiger partial charge >= 0.3 is 5.97 Å². The Hall–Kier alpha value is -2.38. The number of allylic oxidation sites excluding steroid dienone is 1. The lowest BCUT2D eigenvalue weighted by atomic mass is 9.82. The number of nitrogens with two attached hydrogens (primary N) is 1. The Balaban J connectivity index is 3.06. The summed E-state index contributed by atoms with van der Waals surface area (Å²) in [5.74, 6) is -2.11. The highest BCUT2D eigenvalue weighted by Crippen LogP contribution is 2.27. The van der Waals surface area contributed by atoms with E-state index in [2.05, 4.69) is 10.6 Å². The summed E-state index contributed by atoms with van der Waals surface area (Å²) in [7, 11) is 1.26. The summed E-state index contributed by atoms with van der Waals surface area (Å²) in [4.78, 5) is 48.8. The number of methoxy groups -OCH3 is 1. The van der Waals surface area contributed by atoms with Gasteiger partial charge in [-0.3, -0.25) is 14.4 Å². The third kappa shape index (κ3) is 6.98. The number of ketones is 1. The van der Waals surface area contributed by atoms with Crippen molar-refractivity contribution in [2.45, 2.75) is 71.9 Å². The molecular weight excluding hydrogens is 362 g/mol. The second-order valence-corrected chi connectivity index (χ2v) is 8.39. The molecule has 1 saturated carbocycles. The van der Waals surface area contributed by atoms with Crippen molar-refractivity contribution >= 4 is 23.6 Å². The molecule has 0 aromatic rings. The number of nitrogens with one attached hydrogen (secondary N) is 2. The smallest absolute Gasteiger partial charge is 0.328 e. The number of amides is 2. The Labute approximate surface area is 166 Å². The van der Waals surface area contributed by atoms with Crippen LogP contribution in [0.2, 0.25) is 0 Å². The van der Waals surface area contributed by atoms with Crippen molar-refractivity contribution in [3.8, 4) is 0 Å². The van der Waals surface area contributed by atoms with Gasteiger partial charge in [0.1, 0.15) is 17.8 Å². The van der Waals surface area contributed by atoms with Crippen LogP contribution in [0.3, 0.4) is 0 Å². The standard InChI is InChI=1S/C20H33N3O5/c1-12(24)11-14(21)17(25)22-15(13-9-7-6-8-10-13)18(26)23-16(19(27)28-5)20(2,3)4/h11,13,15-16H,6-10,21H2,1-5H3,(H,22,25)(H,23,26)/t15-,16+/m0/s1. The molecular formula is C20H33N3O5. The maximum atomic E-state index is 13.0. The first-order valence-corrected chi connectivity index (χ1v) is 9.64. The predicted molar refractivity (Wildman–Crippen MR) is 105 cm³/mol. The fourth-order valence-electron chi connectivity index (χ4n) is 3.35. The minimum absolute atomic E-state index is 0.0684. The molecule has 0 unspecified atom stereocenters. The lowest BCUT2D eigenvalue weighted by molar-refractivity contribution is -0.148. The van der Waals surface area contributed by atoms with Crippen LogP contribution < -0.4 is 16.4 Å². The zero-order valence-electron chi connectivity index (χ0n) is 17.5. The molecule has 4 N–H and O–H groups in total. The van der Waals surface area contributed by atoms with Crippen LogP contribution in [0, 0.1) is 11.3 Å². The fraction of sp³-hybridized carbons (Fsp3) is 0.700. The third-order valence-electron chi connectivity index (χ3n) is 4.90. The van der Waals surface area contributed by atoms with Gasteiger partial charge in [-0.2, -0.15) is 0 Å². The molecule has 1 fully saturated rings. The molecule has 0 radical (unpaired) electrons. The van der Waals surface area contributed by atoms with Crippen LogP contribution in [0.15, 0.2) is 11.8 Å². The number of carbonyl (C=O) groups is 4. The molecule has 0 spiro atoms. The molecule has 2 atom stereocenters.